The van der Waals surface area contributed by atoms with Gasteiger partial charge in [0.2, 0.25) is 0 Å². The molecule has 0 N–H and O–H groups in total. The number of halogens is 2. The summed E-state index contributed by atoms with van der Waals surface area (Å²) < 4.78 is 2.16. The fraction of sp³-hybridized carbons (Fsp3) is 0.500. The van der Waals surface area contributed by atoms with Crippen molar-refractivity contribution in [2.75, 3.05) is 20.6 Å². The number of benzene rings is 1. The first kappa shape index (κ1) is 14.6. The SMILES string of the molecule is CC(Cl)c1nc2cccc(Cl)c2n1C(C)CN(C)C. The Bertz CT molecular complexity index is 575. The average Bonchev–Trinajstić information content (AvgIpc) is 2.68. The Kier molecular flexibility index (Phi) is 4.39. The van der Waals surface area contributed by atoms with Crippen LogP contribution in [0.25, 0.3) is 11.0 Å². The van der Waals surface area contributed by atoms with E-state index in [1.807, 2.05) is 25.1 Å². The van der Waals surface area contributed by atoms with Crippen molar-refractivity contribution in [2.24, 2.45) is 0 Å². The molecule has 1 aromatic carbocycles. The van der Waals surface area contributed by atoms with E-state index >= 15 is 0 Å². The highest BCUT2D eigenvalue weighted by Gasteiger charge is 2.20. The molecule has 2 aromatic rings. The molecule has 104 valence electrons. The summed E-state index contributed by atoms with van der Waals surface area (Å²) in [4.78, 5) is 6.78. The van der Waals surface area contributed by atoms with E-state index in [0.717, 1.165) is 28.4 Å². The number of likely N-dealkylation sites (N-methyl/N-ethyl adjacent to an activating group) is 1. The first-order valence-corrected chi connectivity index (χ1v) is 7.18. The van der Waals surface area contributed by atoms with Crippen LogP contribution in [0.4, 0.5) is 0 Å². The average molecular weight is 300 g/mol. The Hall–Kier alpha value is -0.770. The zero-order chi connectivity index (χ0) is 14.2. The van der Waals surface area contributed by atoms with Crippen molar-refractivity contribution >= 4 is 34.2 Å². The zero-order valence-electron chi connectivity index (χ0n) is 11.7. The fourth-order valence-corrected chi connectivity index (χ4v) is 2.88. The minimum Gasteiger partial charge on any atom is -0.321 e. The van der Waals surface area contributed by atoms with Gasteiger partial charge < -0.3 is 9.47 Å². The van der Waals surface area contributed by atoms with E-state index in [1.165, 1.54) is 0 Å². The second-order valence-electron chi connectivity index (χ2n) is 5.17. The summed E-state index contributed by atoms with van der Waals surface area (Å²) in [5, 5.41) is 0.576. The maximum atomic E-state index is 6.34. The number of alkyl halides is 1. The Morgan fingerprint density at radius 3 is 2.58 bits per heavy atom. The van der Waals surface area contributed by atoms with Crippen molar-refractivity contribution in [3.05, 3.63) is 29.0 Å². The predicted octanol–water partition coefficient (Wildman–Crippen LogP) is 4.11. The summed E-state index contributed by atoms with van der Waals surface area (Å²) in [6.07, 6.45) is 0. The molecule has 19 heavy (non-hydrogen) atoms. The van der Waals surface area contributed by atoms with Crippen molar-refractivity contribution in [3.63, 3.8) is 0 Å². The van der Waals surface area contributed by atoms with Gasteiger partial charge in [0.1, 0.15) is 5.82 Å². The summed E-state index contributed by atoms with van der Waals surface area (Å²) in [6.45, 7) is 5.01. The van der Waals surface area contributed by atoms with Crippen LogP contribution in [0, 0.1) is 0 Å². The van der Waals surface area contributed by atoms with Crippen molar-refractivity contribution in [1.82, 2.24) is 14.5 Å². The van der Waals surface area contributed by atoms with Gasteiger partial charge in [0.05, 0.1) is 21.4 Å². The predicted molar refractivity (Wildman–Crippen MR) is 82.3 cm³/mol. The number of para-hydroxylation sites is 1. The molecule has 2 unspecified atom stereocenters. The molecule has 0 bridgehead atoms. The van der Waals surface area contributed by atoms with E-state index in [9.17, 15) is 0 Å². The maximum Gasteiger partial charge on any atom is 0.128 e. The quantitative estimate of drug-likeness (QED) is 0.792. The largest absolute Gasteiger partial charge is 0.321 e. The second-order valence-corrected chi connectivity index (χ2v) is 6.24. The van der Waals surface area contributed by atoms with Crippen LogP contribution < -0.4 is 0 Å². The van der Waals surface area contributed by atoms with Gasteiger partial charge in [-0.2, -0.15) is 0 Å². The standard InChI is InChI=1S/C14H19Cl2N3/c1-9(8-18(3)4)19-13-11(16)6-5-7-12(13)17-14(19)10(2)15/h5-7,9-10H,8H2,1-4H3. The number of nitrogens with zero attached hydrogens (tertiary/aromatic N) is 3. The highest BCUT2D eigenvalue weighted by atomic mass is 35.5. The van der Waals surface area contributed by atoms with E-state index in [2.05, 4.69) is 35.5 Å². The van der Waals surface area contributed by atoms with Crippen molar-refractivity contribution in [3.8, 4) is 0 Å². The van der Waals surface area contributed by atoms with E-state index in [1.54, 1.807) is 0 Å². The van der Waals surface area contributed by atoms with Gasteiger partial charge in [0.25, 0.3) is 0 Å². The molecule has 2 atom stereocenters. The van der Waals surface area contributed by atoms with Crippen molar-refractivity contribution in [2.45, 2.75) is 25.3 Å². The molecule has 0 aliphatic carbocycles. The molecule has 2 rings (SSSR count). The molecule has 0 aliphatic heterocycles. The molecule has 5 heteroatoms. The Balaban J connectivity index is 2.64. The summed E-state index contributed by atoms with van der Waals surface area (Å²) in [5.74, 6) is 0.874. The van der Waals surface area contributed by atoms with E-state index < -0.39 is 0 Å². The smallest absolute Gasteiger partial charge is 0.128 e. The minimum atomic E-state index is -0.145. The molecule has 0 fully saturated rings. The fourth-order valence-electron chi connectivity index (χ4n) is 2.46. The van der Waals surface area contributed by atoms with Gasteiger partial charge in [0, 0.05) is 12.6 Å². The third kappa shape index (κ3) is 2.88. The third-order valence-corrected chi connectivity index (χ3v) is 3.61. The molecule has 0 radical (unpaired) electrons. The molecule has 1 heterocycles. The summed E-state index contributed by atoms with van der Waals surface area (Å²) >= 11 is 12.6. The lowest BCUT2D eigenvalue weighted by molar-refractivity contribution is 0.336. The van der Waals surface area contributed by atoms with E-state index in [0.29, 0.717) is 0 Å². The van der Waals surface area contributed by atoms with Gasteiger partial charge in [-0.15, -0.1) is 11.6 Å². The van der Waals surface area contributed by atoms with Crippen LogP contribution in [0.5, 0.6) is 0 Å². The molecule has 0 saturated heterocycles. The number of imidazole rings is 1. The Morgan fingerprint density at radius 2 is 2.00 bits per heavy atom. The van der Waals surface area contributed by atoms with Gasteiger partial charge in [-0.25, -0.2) is 4.98 Å². The van der Waals surface area contributed by atoms with E-state index in [-0.39, 0.29) is 11.4 Å². The first-order valence-electron chi connectivity index (χ1n) is 6.37. The zero-order valence-corrected chi connectivity index (χ0v) is 13.2. The number of hydrogen-bond donors (Lipinski definition) is 0. The van der Waals surface area contributed by atoms with Gasteiger partial charge >= 0.3 is 0 Å². The Labute approximate surface area is 124 Å². The molecular weight excluding hydrogens is 281 g/mol. The summed E-state index contributed by atoms with van der Waals surface area (Å²) in [5.41, 5.74) is 1.88. The lowest BCUT2D eigenvalue weighted by atomic mass is 10.2. The van der Waals surface area contributed by atoms with Crippen molar-refractivity contribution in [1.29, 1.82) is 0 Å². The third-order valence-electron chi connectivity index (χ3n) is 3.11. The van der Waals surface area contributed by atoms with Gasteiger partial charge in [-0.05, 0) is 40.1 Å². The number of fused-ring (bicyclic) bond motifs is 1. The van der Waals surface area contributed by atoms with Crippen LogP contribution in [-0.2, 0) is 0 Å². The van der Waals surface area contributed by atoms with Crippen LogP contribution in [0.2, 0.25) is 5.02 Å². The minimum absolute atomic E-state index is 0.145. The Morgan fingerprint density at radius 1 is 1.32 bits per heavy atom. The van der Waals surface area contributed by atoms with Gasteiger partial charge in [-0.3, -0.25) is 0 Å². The molecule has 0 saturated carbocycles. The second kappa shape index (κ2) is 5.70. The van der Waals surface area contributed by atoms with Crippen LogP contribution in [0.1, 0.15) is 31.1 Å². The highest BCUT2D eigenvalue weighted by molar-refractivity contribution is 6.35. The molecular formula is C14H19Cl2N3. The number of aromatic nitrogens is 2. The van der Waals surface area contributed by atoms with Crippen LogP contribution in [0.15, 0.2) is 18.2 Å². The van der Waals surface area contributed by atoms with Crippen LogP contribution >= 0.6 is 23.2 Å². The molecule has 1 aromatic heterocycles. The number of rotatable bonds is 4. The molecule has 0 aliphatic rings. The van der Waals surface area contributed by atoms with Crippen molar-refractivity contribution < 1.29 is 0 Å². The lowest BCUT2D eigenvalue weighted by Crippen LogP contribution is -2.23. The molecule has 0 spiro atoms. The number of hydrogen-bond acceptors (Lipinski definition) is 2. The normalized spacial score (nSPS) is 15.1. The molecule has 0 amide bonds. The topological polar surface area (TPSA) is 21.1 Å². The van der Waals surface area contributed by atoms with Crippen LogP contribution in [-0.4, -0.2) is 35.1 Å². The van der Waals surface area contributed by atoms with Gasteiger partial charge in [-0.1, -0.05) is 17.7 Å². The molecule has 3 nitrogen and oxygen atoms in total. The highest BCUT2D eigenvalue weighted by Crippen LogP contribution is 2.32. The lowest BCUT2D eigenvalue weighted by Gasteiger charge is -2.22. The van der Waals surface area contributed by atoms with Crippen LogP contribution in [0.3, 0.4) is 0 Å². The first-order chi connectivity index (χ1) is 8.91. The monoisotopic (exact) mass is 299 g/mol. The maximum absolute atomic E-state index is 6.34. The van der Waals surface area contributed by atoms with E-state index in [4.69, 9.17) is 23.2 Å². The summed E-state index contributed by atoms with van der Waals surface area (Å²) in [7, 11) is 4.11. The summed E-state index contributed by atoms with van der Waals surface area (Å²) in [6, 6.07) is 6.05. The van der Waals surface area contributed by atoms with Gasteiger partial charge in [0.15, 0.2) is 0 Å².